The van der Waals surface area contributed by atoms with Crippen molar-refractivity contribution < 1.29 is 17.9 Å². The van der Waals surface area contributed by atoms with Crippen molar-refractivity contribution in [1.29, 1.82) is 0 Å². The molecule has 3 fully saturated rings. The van der Waals surface area contributed by atoms with Crippen LogP contribution < -0.4 is 4.72 Å². The van der Waals surface area contributed by atoms with Gasteiger partial charge in [0.25, 0.3) is 0 Å². The van der Waals surface area contributed by atoms with Gasteiger partial charge in [0.1, 0.15) is 0 Å². The standard InChI is InChI=1S/C29H35N3O4S/c1-31-26(20-5-3-2-4-6-20)17-23-11-14-25(18-27(23)31)37(34,35)30-24-12-9-22(10-13-24)29(33)32-15-16-36-19-28(32)21-7-8-21/h2-6,11,14,17-18,21-22,24,28,30H,7-10,12-13,15-16,19H2,1H3. The summed E-state index contributed by atoms with van der Waals surface area (Å²) in [7, 11) is -1.70. The largest absolute Gasteiger partial charge is 0.377 e. The number of sulfonamides is 1. The van der Waals surface area contributed by atoms with Crippen molar-refractivity contribution in [3.05, 3.63) is 54.6 Å². The fourth-order valence-corrected chi connectivity index (χ4v) is 7.44. The number of carbonyl (C=O) groups is 1. The summed E-state index contributed by atoms with van der Waals surface area (Å²) in [5.74, 6) is 0.818. The lowest BCUT2D eigenvalue weighted by Gasteiger charge is -2.39. The first-order valence-electron chi connectivity index (χ1n) is 13.5. The van der Waals surface area contributed by atoms with Crippen molar-refractivity contribution in [2.75, 3.05) is 19.8 Å². The highest BCUT2D eigenvalue weighted by Crippen LogP contribution is 2.38. The van der Waals surface area contributed by atoms with Crippen molar-refractivity contribution in [2.24, 2.45) is 18.9 Å². The van der Waals surface area contributed by atoms with E-state index in [2.05, 4.69) is 27.8 Å². The van der Waals surface area contributed by atoms with E-state index in [-0.39, 0.29) is 28.8 Å². The van der Waals surface area contributed by atoms with Crippen LogP contribution in [-0.2, 0) is 26.6 Å². The molecule has 3 aliphatic rings. The fraction of sp³-hybridized carbons (Fsp3) is 0.483. The monoisotopic (exact) mass is 521 g/mol. The quantitative estimate of drug-likeness (QED) is 0.524. The van der Waals surface area contributed by atoms with Crippen LogP contribution in [0.25, 0.3) is 22.2 Å². The predicted molar refractivity (Wildman–Crippen MR) is 143 cm³/mol. The van der Waals surface area contributed by atoms with E-state index < -0.39 is 10.0 Å². The SMILES string of the molecule is Cn1c(-c2ccccc2)cc2ccc(S(=O)(=O)NC3CCC(C(=O)N4CCOCC4C4CC4)CC3)cc21. The van der Waals surface area contributed by atoms with Gasteiger partial charge in [0, 0.05) is 42.1 Å². The molecule has 1 saturated heterocycles. The molecule has 0 radical (unpaired) electrons. The topological polar surface area (TPSA) is 80.6 Å². The molecule has 8 heteroatoms. The lowest BCUT2D eigenvalue weighted by molar-refractivity contribution is -0.146. The first-order valence-corrected chi connectivity index (χ1v) is 14.9. The third kappa shape index (κ3) is 4.94. The third-order valence-corrected chi connectivity index (χ3v) is 9.93. The number of hydrogen-bond acceptors (Lipinski definition) is 4. The second kappa shape index (κ2) is 9.89. The number of ether oxygens (including phenoxy) is 1. The van der Waals surface area contributed by atoms with E-state index in [1.165, 1.54) is 12.8 Å². The summed E-state index contributed by atoms with van der Waals surface area (Å²) in [5, 5.41) is 1.01. The van der Waals surface area contributed by atoms with Crippen LogP contribution in [0.3, 0.4) is 0 Å². The number of aromatic nitrogens is 1. The number of nitrogens with zero attached hydrogens (tertiary/aromatic N) is 2. The average molecular weight is 522 g/mol. The molecule has 2 saturated carbocycles. The van der Waals surface area contributed by atoms with E-state index in [1.807, 2.05) is 35.9 Å². The molecule has 2 aromatic carbocycles. The van der Waals surface area contributed by atoms with Gasteiger partial charge in [0.15, 0.2) is 0 Å². The van der Waals surface area contributed by atoms with Crippen molar-refractivity contribution in [2.45, 2.75) is 55.5 Å². The van der Waals surface area contributed by atoms with Crippen LogP contribution in [0, 0.1) is 11.8 Å². The Bertz CT molecular complexity index is 1390. The summed E-state index contributed by atoms with van der Waals surface area (Å²) in [6.45, 7) is 1.95. The van der Waals surface area contributed by atoms with E-state index in [0.717, 1.165) is 35.0 Å². The van der Waals surface area contributed by atoms with Crippen molar-refractivity contribution in [3.63, 3.8) is 0 Å². The average Bonchev–Trinajstić information content (AvgIpc) is 3.72. The van der Waals surface area contributed by atoms with Gasteiger partial charge in [-0.15, -0.1) is 0 Å². The molecule has 3 aromatic rings. The molecule has 1 unspecified atom stereocenters. The molecule has 1 amide bonds. The molecule has 7 nitrogen and oxygen atoms in total. The molecule has 196 valence electrons. The summed E-state index contributed by atoms with van der Waals surface area (Å²) < 4.78 is 37.2. The fourth-order valence-electron chi connectivity index (χ4n) is 6.11. The number of amides is 1. The highest BCUT2D eigenvalue weighted by atomic mass is 32.2. The first-order chi connectivity index (χ1) is 17.9. The van der Waals surface area contributed by atoms with Gasteiger partial charge in [-0.1, -0.05) is 36.4 Å². The molecule has 1 aliphatic heterocycles. The van der Waals surface area contributed by atoms with E-state index in [1.54, 1.807) is 12.1 Å². The van der Waals surface area contributed by atoms with E-state index in [4.69, 9.17) is 4.74 Å². The molecule has 0 bridgehead atoms. The number of rotatable bonds is 6. The summed E-state index contributed by atoms with van der Waals surface area (Å²) in [5.41, 5.74) is 3.02. The zero-order valence-electron chi connectivity index (χ0n) is 21.3. The predicted octanol–water partition coefficient (Wildman–Crippen LogP) is 4.32. The van der Waals surface area contributed by atoms with Crippen LogP contribution in [0.15, 0.2) is 59.5 Å². The highest BCUT2D eigenvalue weighted by molar-refractivity contribution is 7.89. The van der Waals surface area contributed by atoms with Gasteiger partial charge in [0.05, 0.1) is 24.2 Å². The normalized spacial score (nSPS) is 24.9. The summed E-state index contributed by atoms with van der Waals surface area (Å²) >= 11 is 0. The molecule has 2 aliphatic carbocycles. The second-order valence-electron chi connectivity index (χ2n) is 10.9. The zero-order chi connectivity index (χ0) is 25.6. The Labute approximate surface area is 218 Å². The molecule has 37 heavy (non-hydrogen) atoms. The Morgan fingerprint density at radius 2 is 1.73 bits per heavy atom. The van der Waals surface area contributed by atoms with Crippen LogP contribution in [0.4, 0.5) is 0 Å². The van der Waals surface area contributed by atoms with Gasteiger partial charge in [-0.05, 0) is 68.2 Å². The minimum atomic E-state index is -3.67. The minimum Gasteiger partial charge on any atom is -0.377 e. The molecular weight excluding hydrogens is 486 g/mol. The van der Waals surface area contributed by atoms with Gasteiger partial charge in [-0.25, -0.2) is 13.1 Å². The van der Waals surface area contributed by atoms with Gasteiger partial charge in [-0.2, -0.15) is 0 Å². The first kappa shape index (κ1) is 24.6. The van der Waals surface area contributed by atoms with Crippen LogP contribution in [0.2, 0.25) is 0 Å². The molecule has 6 rings (SSSR count). The van der Waals surface area contributed by atoms with Gasteiger partial charge >= 0.3 is 0 Å². The molecule has 0 spiro atoms. The van der Waals surface area contributed by atoms with Crippen LogP contribution in [0.5, 0.6) is 0 Å². The number of morpholine rings is 1. The number of carbonyl (C=O) groups excluding carboxylic acids is 1. The Kier molecular flexibility index (Phi) is 6.59. The summed E-state index contributed by atoms with van der Waals surface area (Å²) in [4.78, 5) is 15.6. The maximum Gasteiger partial charge on any atom is 0.240 e. The number of benzene rings is 2. The lowest BCUT2D eigenvalue weighted by Crippen LogP contribution is -2.52. The van der Waals surface area contributed by atoms with E-state index in [0.29, 0.717) is 38.5 Å². The summed E-state index contributed by atoms with van der Waals surface area (Å²) in [6.07, 6.45) is 5.18. The molecule has 1 aromatic heterocycles. The molecule has 2 heterocycles. The summed E-state index contributed by atoms with van der Waals surface area (Å²) in [6, 6.07) is 17.6. The Balaban J connectivity index is 1.12. The Morgan fingerprint density at radius 3 is 2.46 bits per heavy atom. The van der Waals surface area contributed by atoms with E-state index in [9.17, 15) is 13.2 Å². The van der Waals surface area contributed by atoms with E-state index >= 15 is 0 Å². The number of hydrogen-bond donors (Lipinski definition) is 1. The van der Waals surface area contributed by atoms with Gasteiger partial charge in [0.2, 0.25) is 15.9 Å². The second-order valence-corrected chi connectivity index (χ2v) is 12.6. The van der Waals surface area contributed by atoms with Gasteiger partial charge in [-0.3, -0.25) is 4.79 Å². The van der Waals surface area contributed by atoms with Gasteiger partial charge < -0.3 is 14.2 Å². The van der Waals surface area contributed by atoms with Crippen molar-refractivity contribution >= 4 is 26.8 Å². The van der Waals surface area contributed by atoms with Crippen LogP contribution >= 0.6 is 0 Å². The smallest absolute Gasteiger partial charge is 0.240 e. The minimum absolute atomic E-state index is 0.0174. The molecule has 1 N–H and O–H groups in total. The van der Waals surface area contributed by atoms with Crippen LogP contribution in [0.1, 0.15) is 38.5 Å². The number of aryl methyl sites for hydroxylation is 1. The third-order valence-electron chi connectivity index (χ3n) is 8.41. The highest BCUT2D eigenvalue weighted by Gasteiger charge is 2.41. The van der Waals surface area contributed by atoms with Crippen LogP contribution in [-0.4, -0.2) is 55.6 Å². The van der Waals surface area contributed by atoms with Crippen molar-refractivity contribution in [1.82, 2.24) is 14.2 Å². The lowest BCUT2D eigenvalue weighted by atomic mass is 9.85. The number of fused-ring (bicyclic) bond motifs is 1. The number of nitrogens with one attached hydrogen (secondary N) is 1. The molecule has 1 atom stereocenters. The van der Waals surface area contributed by atoms with Crippen molar-refractivity contribution in [3.8, 4) is 11.3 Å². The Hall–Kier alpha value is -2.68. The maximum absolute atomic E-state index is 13.3. The molecular formula is C29H35N3O4S. The zero-order valence-corrected chi connectivity index (χ0v) is 22.1. The maximum atomic E-state index is 13.3. The Morgan fingerprint density at radius 1 is 0.973 bits per heavy atom.